The van der Waals surface area contributed by atoms with E-state index in [0.29, 0.717) is 11.4 Å². The van der Waals surface area contributed by atoms with Crippen molar-refractivity contribution in [2.45, 2.75) is 13.8 Å². The molecule has 1 rings (SSSR count). The van der Waals surface area contributed by atoms with Gasteiger partial charge in [-0.05, 0) is 19.9 Å². The average molecular weight is 238 g/mol. The van der Waals surface area contributed by atoms with Gasteiger partial charge in [0.25, 0.3) is 5.91 Å². The van der Waals surface area contributed by atoms with Crippen molar-refractivity contribution in [1.82, 2.24) is 9.88 Å². The van der Waals surface area contributed by atoms with Gasteiger partial charge in [-0.3, -0.25) is 9.59 Å². The quantitative estimate of drug-likeness (QED) is 0.679. The number of nitrogens with two attached hydrogens (primary N) is 2. The summed E-state index contributed by atoms with van der Waals surface area (Å²) < 4.78 is 1.63. The van der Waals surface area contributed by atoms with Crippen molar-refractivity contribution in [2.75, 3.05) is 12.3 Å². The largest absolute Gasteiger partial charge is 0.397 e. The molecule has 6 heteroatoms. The van der Waals surface area contributed by atoms with E-state index in [1.807, 2.05) is 0 Å². The summed E-state index contributed by atoms with van der Waals surface area (Å²) in [4.78, 5) is 22.9. The molecule has 0 saturated heterocycles. The fourth-order valence-electron chi connectivity index (χ4n) is 1.29. The zero-order valence-corrected chi connectivity index (χ0v) is 10.3. The number of carbonyl (C=O) groups excluding carboxylic acids is 2. The van der Waals surface area contributed by atoms with Gasteiger partial charge in [-0.1, -0.05) is 0 Å². The molecule has 0 aromatic carbocycles. The molecule has 0 atom stereocenters. The number of primary amides is 1. The highest BCUT2D eigenvalue weighted by Gasteiger charge is 2.26. The smallest absolute Gasteiger partial charge is 0.268 e. The summed E-state index contributed by atoms with van der Waals surface area (Å²) in [6, 6.07) is 1.58. The van der Waals surface area contributed by atoms with Crippen molar-refractivity contribution in [2.24, 2.45) is 18.2 Å². The molecule has 1 aromatic rings. The van der Waals surface area contributed by atoms with Crippen molar-refractivity contribution in [3.8, 4) is 0 Å². The van der Waals surface area contributed by atoms with Crippen LogP contribution in [-0.2, 0) is 11.8 Å². The number of hydrogen-bond acceptors (Lipinski definition) is 3. The number of aromatic nitrogens is 1. The second-order valence-corrected chi connectivity index (χ2v) is 4.70. The number of hydrogen-bond donors (Lipinski definition) is 3. The average Bonchev–Trinajstić information content (AvgIpc) is 2.54. The van der Waals surface area contributed by atoms with E-state index >= 15 is 0 Å². The second-order valence-electron chi connectivity index (χ2n) is 4.70. The van der Waals surface area contributed by atoms with Crippen molar-refractivity contribution in [3.05, 3.63) is 18.0 Å². The molecule has 0 saturated carbocycles. The third-order valence-corrected chi connectivity index (χ3v) is 2.62. The molecule has 1 heterocycles. The first-order valence-corrected chi connectivity index (χ1v) is 5.24. The number of carbonyl (C=O) groups is 2. The third kappa shape index (κ3) is 2.99. The molecular formula is C11H18N4O2. The molecule has 1 aromatic heterocycles. The highest BCUT2D eigenvalue weighted by Crippen LogP contribution is 2.13. The zero-order chi connectivity index (χ0) is 13.2. The number of nitrogen functional groups attached to an aromatic ring is 1. The molecule has 6 nitrogen and oxygen atoms in total. The van der Waals surface area contributed by atoms with Gasteiger partial charge in [-0.15, -0.1) is 0 Å². The fourth-order valence-corrected chi connectivity index (χ4v) is 1.29. The fraction of sp³-hybridized carbons (Fsp3) is 0.455. The van der Waals surface area contributed by atoms with Crippen LogP contribution < -0.4 is 16.8 Å². The molecule has 5 N–H and O–H groups in total. The molecule has 17 heavy (non-hydrogen) atoms. The lowest BCUT2D eigenvalue weighted by molar-refractivity contribution is -0.125. The number of rotatable bonds is 4. The first-order chi connectivity index (χ1) is 7.74. The summed E-state index contributed by atoms with van der Waals surface area (Å²) in [5, 5.41) is 2.66. The number of aryl methyl sites for hydroxylation is 1. The number of amides is 2. The van der Waals surface area contributed by atoms with Crippen molar-refractivity contribution < 1.29 is 9.59 Å². The van der Waals surface area contributed by atoms with Crippen molar-refractivity contribution >= 4 is 17.5 Å². The van der Waals surface area contributed by atoms with E-state index in [4.69, 9.17) is 11.5 Å². The van der Waals surface area contributed by atoms with Crippen molar-refractivity contribution in [1.29, 1.82) is 0 Å². The predicted molar refractivity (Wildman–Crippen MR) is 65.1 cm³/mol. The topological polar surface area (TPSA) is 103 Å². The maximum Gasteiger partial charge on any atom is 0.268 e. The zero-order valence-electron chi connectivity index (χ0n) is 10.3. The van der Waals surface area contributed by atoms with Gasteiger partial charge in [0.05, 0.1) is 11.1 Å². The van der Waals surface area contributed by atoms with Gasteiger partial charge >= 0.3 is 0 Å². The summed E-state index contributed by atoms with van der Waals surface area (Å²) in [5.41, 5.74) is 11.0. The Morgan fingerprint density at radius 2 is 2.06 bits per heavy atom. The van der Waals surface area contributed by atoms with Crippen LogP contribution in [0.1, 0.15) is 24.3 Å². The molecular weight excluding hydrogens is 220 g/mol. The van der Waals surface area contributed by atoms with Gasteiger partial charge in [-0.2, -0.15) is 0 Å². The van der Waals surface area contributed by atoms with Crippen LogP contribution >= 0.6 is 0 Å². The van der Waals surface area contributed by atoms with Gasteiger partial charge < -0.3 is 21.4 Å². The summed E-state index contributed by atoms with van der Waals surface area (Å²) >= 11 is 0. The Labute approximate surface area is 100.0 Å². The number of nitrogens with one attached hydrogen (secondary N) is 1. The maximum absolute atomic E-state index is 11.8. The van der Waals surface area contributed by atoms with Gasteiger partial charge in [-0.25, -0.2) is 0 Å². The molecule has 0 fully saturated rings. The molecule has 0 radical (unpaired) electrons. The van der Waals surface area contributed by atoms with E-state index in [1.165, 1.54) is 0 Å². The van der Waals surface area contributed by atoms with E-state index in [0.717, 1.165) is 0 Å². The normalized spacial score (nSPS) is 11.2. The second kappa shape index (κ2) is 4.48. The lowest BCUT2D eigenvalue weighted by Crippen LogP contribution is -2.42. The van der Waals surface area contributed by atoms with Crippen LogP contribution in [0.3, 0.4) is 0 Å². The van der Waals surface area contributed by atoms with Crippen LogP contribution in [0.25, 0.3) is 0 Å². The van der Waals surface area contributed by atoms with Gasteiger partial charge in [0.15, 0.2) is 0 Å². The Morgan fingerprint density at radius 1 is 1.47 bits per heavy atom. The maximum atomic E-state index is 11.8. The molecule has 0 aliphatic rings. The molecule has 2 amide bonds. The Hall–Kier alpha value is -1.98. The van der Waals surface area contributed by atoms with E-state index in [1.54, 1.807) is 37.7 Å². The molecule has 0 aliphatic carbocycles. The minimum Gasteiger partial charge on any atom is -0.397 e. The SMILES string of the molecule is Cn1cc(N)cc1C(=O)NCC(C)(C)C(N)=O. The third-order valence-electron chi connectivity index (χ3n) is 2.62. The Bertz CT molecular complexity index is 448. The summed E-state index contributed by atoms with van der Waals surface area (Å²) in [6.07, 6.45) is 1.65. The number of nitrogens with zero attached hydrogens (tertiary/aromatic N) is 1. The highest BCUT2D eigenvalue weighted by molar-refractivity contribution is 5.94. The lowest BCUT2D eigenvalue weighted by Gasteiger charge is -2.20. The summed E-state index contributed by atoms with van der Waals surface area (Å²) in [7, 11) is 1.73. The Balaban J connectivity index is 2.68. The molecule has 0 unspecified atom stereocenters. The monoisotopic (exact) mass is 238 g/mol. The van der Waals surface area contributed by atoms with Gasteiger partial charge in [0, 0.05) is 19.8 Å². The van der Waals surface area contributed by atoms with E-state index in [2.05, 4.69) is 5.32 Å². The minimum atomic E-state index is -0.771. The van der Waals surface area contributed by atoms with E-state index < -0.39 is 11.3 Å². The highest BCUT2D eigenvalue weighted by atomic mass is 16.2. The standard InChI is InChI=1S/C11H18N4O2/c1-11(2,10(13)17)6-14-9(16)8-4-7(12)5-15(8)3/h4-5H,6,12H2,1-3H3,(H2,13,17)(H,14,16). The Kier molecular flexibility index (Phi) is 3.45. The van der Waals surface area contributed by atoms with Crippen LogP contribution in [-0.4, -0.2) is 22.9 Å². The first-order valence-electron chi connectivity index (χ1n) is 5.24. The van der Waals surface area contributed by atoms with Gasteiger partial charge in [0.1, 0.15) is 5.69 Å². The summed E-state index contributed by atoms with van der Waals surface area (Å²) in [6.45, 7) is 3.54. The lowest BCUT2D eigenvalue weighted by atomic mass is 9.93. The molecule has 0 bridgehead atoms. The van der Waals surface area contributed by atoms with Crippen LogP contribution in [0.15, 0.2) is 12.3 Å². The molecule has 0 spiro atoms. The predicted octanol–water partition coefficient (Wildman–Crippen LogP) is -0.151. The molecule has 94 valence electrons. The van der Waals surface area contributed by atoms with Crippen LogP contribution in [0.2, 0.25) is 0 Å². The van der Waals surface area contributed by atoms with Crippen LogP contribution in [0.4, 0.5) is 5.69 Å². The van der Waals surface area contributed by atoms with Crippen molar-refractivity contribution in [3.63, 3.8) is 0 Å². The van der Waals surface area contributed by atoms with Crippen LogP contribution in [0, 0.1) is 5.41 Å². The minimum absolute atomic E-state index is 0.187. The first kappa shape index (κ1) is 13.1. The van der Waals surface area contributed by atoms with Crippen LogP contribution in [0.5, 0.6) is 0 Å². The molecule has 0 aliphatic heterocycles. The van der Waals surface area contributed by atoms with E-state index in [-0.39, 0.29) is 12.5 Å². The van der Waals surface area contributed by atoms with E-state index in [9.17, 15) is 9.59 Å². The summed E-state index contributed by atoms with van der Waals surface area (Å²) in [5.74, 6) is -0.734. The number of anilines is 1. The Morgan fingerprint density at radius 3 is 2.47 bits per heavy atom. The van der Waals surface area contributed by atoms with Gasteiger partial charge in [0.2, 0.25) is 5.91 Å².